The molecule has 3 heterocycles. The van der Waals surface area contributed by atoms with Crippen molar-refractivity contribution in [3.63, 3.8) is 0 Å². The molecule has 4 rings (SSSR count). The summed E-state index contributed by atoms with van der Waals surface area (Å²) in [5.74, 6) is 0.493. The van der Waals surface area contributed by atoms with Gasteiger partial charge in [-0.2, -0.15) is 4.98 Å². The van der Waals surface area contributed by atoms with Gasteiger partial charge in [-0.15, -0.1) is 0 Å². The Balaban J connectivity index is 1.54. The summed E-state index contributed by atoms with van der Waals surface area (Å²) in [5, 5.41) is 22.2. The highest BCUT2D eigenvalue weighted by atomic mass is 35.5. The fourth-order valence-corrected chi connectivity index (χ4v) is 5.52. The Morgan fingerprint density at radius 3 is 2.43 bits per heavy atom. The van der Waals surface area contributed by atoms with Crippen LogP contribution in [0.3, 0.4) is 0 Å². The van der Waals surface area contributed by atoms with Crippen molar-refractivity contribution in [2.75, 3.05) is 48.8 Å². The van der Waals surface area contributed by atoms with Crippen LogP contribution in [0.4, 0.5) is 28.8 Å². The van der Waals surface area contributed by atoms with E-state index in [1.807, 2.05) is 18.2 Å². The predicted octanol–water partition coefficient (Wildman–Crippen LogP) is 4.25. The van der Waals surface area contributed by atoms with Crippen molar-refractivity contribution < 1.29 is 4.92 Å². The first kappa shape index (κ1) is 25.4. The van der Waals surface area contributed by atoms with Gasteiger partial charge < -0.3 is 20.9 Å². The second-order valence-electron chi connectivity index (χ2n) is 10.6. The van der Waals surface area contributed by atoms with Gasteiger partial charge in [-0.1, -0.05) is 11.6 Å². The fraction of sp³-hybridized carbons (Fsp3) is 0.583. The number of anilines is 4. The molecule has 2 fully saturated rings. The third-order valence-corrected chi connectivity index (χ3v) is 7.58. The zero-order valence-corrected chi connectivity index (χ0v) is 21.8. The van der Waals surface area contributed by atoms with E-state index in [1.165, 1.54) is 6.20 Å². The molecule has 0 aliphatic carbocycles. The molecule has 2 aliphatic heterocycles. The zero-order chi connectivity index (χ0) is 25.4. The van der Waals surface area contributed by atoms with Gasteiger partial charge in [0.05, 0.1) is 15.6 Å². The molecule has 0 amide bonds. The molecule has 10 nitrogen and oxygen atoms in total. The van der Waals surface area contributed by atoms with Crippen molar-refractivity contribution in [1.82, 2.24) is 20.2 Å². The van der Waals surface area contributed by atoms with Gasteiger partial charge in [0, 0.05) is 49.0 Å². The van der Waals surface area contributed by atoms with Crippen molar-refractivity contribution in [3.05, 3.63) is 39.5 Å². The second-order valence-corrected chi connectivity index (χ2v) is 11.1. The molecule has 2 aliphatic rings. The van der Waals surface area contributed by atoms with Crippen LogP contribution < -0.4 is 20.9 Å². The Morgan fingerprint density at radius 2 is 1.83 bits per heavy atom. The first-order chi connectivity index (χ1) is 16.5. The zero-order valence-electron chi connectivity index (χ0n) is 21.1. The van der Waals surface area contributed by atoms with Crippen LogP contribution in [0.2, 0.25) is 5.02 Å². The number of rotatable bonds is 6. The number of likely N-dealkylation sites (tertiary alicyclic amines) is 1. The lowest BCUT2D eigenvalue weighted by atomic mass is 9.77. The lowest BCUT2D eigenvalue weighted by Crippen LogP contribution is -2.61. The van der Waals surface area contributed by atoms with Gasteiger partial charge in [0.15, 0.2) is 0 Å². The van der Waals surface area contributed by atoms with E-state index in [0.717, 1.165) is 50.4 Å². The van der Waals surface area contributed by atoms with Gasteiger partial charge in [-0.05, 0) is 65.8 Å². The van der Waals surface area contributed by atoms with Crippen LogP contribution in [0.1, 0.15) is 40.5 Å². The van der Waals surface area contributed by atoms with E-state index in [1.54, 1.807) is 0 Å². The predicted molar refractivity (Wildman–Crippen MR) is 141 cm³/mol. The highest BCUT2D eigenvalue weighted by molar-refractivity contribution is 6.33. The van der Waals surface area contributed by atoms with Crippen LogP contribution in [0, 0.1) is 10.1 Å². The van der Waals surface area contributed by atoms with E-state index in [2.05, 4.69) is 70.5 Å². The maximum absolute atomic E-state index is 11.7. The van der Waals surface area contributed by atoms with E-state index in [9.17, 15) is 10.1 Å². The molecule has 190 valence electrons. The van der Waals surface area contributed by atoms with Crippen LogP contribution >= 0.6 is 11.6 Å². The number of halogens is 1. The van der Waals surface area contributed by atoms with Gasteiger partial charge in [0.25, 0.3) is 0 Å². The standard InChI is InChI=1S/C24H35ClN8O2/c1-23(2)13-17(14-24(3,4)31(23)5)28-21-20(33(34)35)15-27-22(30-21)29-16-6-7-19(18(25)12-16)32-10-8-26-9-11-32/h6-7,12,15,17,26H,8-11,13-14H2,1-5H3,(H2,27,28,29,30). The molecule has 0 atom stereocenters. The second kappa shape index (κ2) is 9.75. The number of nitrogens with zero attached hydrogens (tertiary/aromatic N) is 5. The maximum atomic E-state index is 11.7. The summed E-state index contributed by atoms with van der Waals surface area (Å²) in [6.07, 6.45) is 2.92. The number of hydrogen-bond donors (Lipinski definition) is 3. The Labute approximate surface area is 211 Å². The topological polar surface area (TPSA) is 111 Å². The highest BCUT2D eigenvalue weighted by Gasteiger charge is 2.43. The average molecular weight is 503 g/mol. The van der Waals surface area contributed by atoms with Crippen molar-refractivity contribution in [2.24, 2.45) is 0 Å². The maximum Gasteiger partial charge on any atom is 0.329 e. The lowest BCUT2D eigenvalue weighted by molar-refractivity contribution is -0.384. The number of benzene rings is 1. The summed E-state index contributed by atoms with van der Waals surface area (Å²) in [7, 11) is 2.13. The molecule has 2 aromatic rings. The first-order valence-electron chi connectivity index (χ1n) is 12.0. The van der Waals surface area contributed by atoms with Gasteiger partial charge in [-0.25, -0.2) is 4.98 Å². The minimum atomic E-state index is -0.448. The minimum absolute atomic E-state index is 0.0328. The van der Waals surface area contributed by atoms with Crippen LogP contribution in [0.25, 0.3) is 0 Å². The highest BCUT2D eigenvalue weighted by Crippen LogP contribution is 2.39. The quantitative estimate of drug-likeness (QED) is 0.394. The smallest absolute Gasteiger partial charge is 0.329 e. The van der Waals surface area contributed by atoms with Crippen molar-refractivity contribution in [3.8, 4) is 0 Å². The molecule has 0 saturated carbocycles. The largest absolute Gasteiger partial charge is 0.368 e. The van der Waals surface area contributed by atoms with Gasteiger partial charge in [0.1, 0.15) is 6.20 Å². The minimum Gasteiger partial charge on any atom is -0.368 e. The average Bonchev–Trinajstić information content (AvgIpc) is 2.78. The number of piperidine rings is 1. The Morgan fingerprint density at radius 1 is 1.17 bits per heavy atom. The molecule has 0 spiro atoms. The van der Waals surface area contributed by atoms with E-state index in [-0.39, 0.29) is 34.6 Å². The van der Waals surface area contributed by atoms with Crippen LogP contribution in [-0.2, 0) is 0 Å². The third kappa shape index (κ3) is 5.60. The third-order valence-electron chi connectivity index (χ3n) is 7.28. The molecular formula is C24H35ClN8O2. The monoisotopic (exact) mass is 502 g/mol. The summed E-state index contributed by atoms with van der Waals surface area (Å²) in [4.78, 5) is 24.5. The summed E-state index contributed by atoms with van der Waals surface area (Å²) in [5.41, 5.74) is 1.43. The van der Waals surface area contributed by atoms with Crippen LogP contribution in [0.15, 0.2) is 24.4 Å². The van der Waals surface area contributed by atoms with E-state index in [0.29, 0.717) is 5.02 Å². The molecule has 35 heavy (non-hydrogen) atoms. The normalized spacial score (nSPS) is 20.5. The number of hydrogen-bond acceptors (Lipinski definition) is 9. The summed E-state index contributed by atoms with van der Waals surface area (Å²) >= 11 is 6.57. The SMILES string of the molecule is CN1C(C)(C)CC(Nc2nc(Nc3ccc(N4CCNCC4)c(Cl)c3)ncc2[N+](=O)[O-])CC1(C)C. The number of piperazine rings is 1. The van der Waals surface area contributed by atoms with Crippen molar-refractivity contribution in [2.45, 2.75) is 57.7 Å². The Bertz CT molecular complexity index is 1070. The molecular weight excluding hydrogens is 468 g/mol. The van der Waals surface area contributed by atoms with E-state index < -0.39 is 4.92 Å². The van der Waals surface area contributed by atoms with Gasteiger partial charge in [0.2, 0.25) is 11.8 Å². The van der Waals surface area contributed by atoms with Crippen molar-refractivity contribution >= 4 is 40.4 Å². The van der Waals surface area contributed by atoms with E-state index in [4.69, 9.17) is 11.6 Å². The molecule has 0 bridgehead atoms. The van der Waals surface area contributed by atoms with Crippen LogP contribution in [0.5, 0.6) is 0 Å². The molecule has 3 N–H and O–H groups in total. The molecule has 0 radical (unpaired) electrons. The Hall–Kier alpha value is -2.69. The molecule has 2 saturated heterocycles. The van der Waals surface area contributed by atoms with Crippen molar-refractivity contribution in [1.29, 1.82) is 0 Å². The molecule has 11 heteroatoms. The molecule has 0 unspecified atom stereocenters. The van der Waals surface area contributed by atoms with Gasteiger partial charge in [-0.3, -0.25) is 15.0 Å². The number of nitro groups is 1. The summed E-state index contributed by atoms with van der Waals surface area (Å²) in [6.45, 7) is 12.4. The Kier molecular flexibility index (Phi) is 7.08. The first-order valence-corrected chi connectivity index (χ1v) is 12.4. The lowest BCUT2D eigenvalue weighted by Gasteiger charge is -2.53. The number of nitrogens with one attached hydrogen (secondary N) is 3. The fourth-order valence-electron chi connectivity index (χ4n) is 5.22. The summed E-state index contributed by atoms with van der Waals surface area (Å²) in [6, 6.07) is 5.76. The molecule has 1 aromatic carbocycles. The molecule has 1 aromatic heterocycles. The van der Waals surface area contributed by atoms with Crippen LogP contribution in [-0.4, -0.2) is 70.1 Å². The summed E-state index contributed by atoms with van der Waals surface area (Å²) < 4.78 is 0. The number of aromatic nitrogens is 2. The van der Waals surface area contributed by atoms with E-state index >= 15 is 0 Å². The van der Waals surface area contributed by atoms with Gasteiger partial charge >= 0.3 is 5.69 Å².